The van der Waals surface area contributed by atoms with E-state index in [2.05, 4.69) is 21.2 Å². The first-order valence-corrected chi connectivity index (χ1v) is 6.65. The van der Waals surface area contributed by atoms with Gasteiger partial charge in [-0.1, -0.05) is 17.7 Å². The molecule has 0 aliphatic carbocycles. The zero-order chi connectivity index (χ0) is 14.7. The van der Waals surface area contributed by atoms with E-state index in [1.165, 1.54) is 30.3 Å². The Morgan fingerprint density at radius 1 is 1.35 bits per heavy atom. The first kappa shape index (κ1) is 14.5. The predicted molar refractivity (Wildman–Crippen MR) is 78.2 cm³/mol. The van der Waals surface area contributed by atoms with E-state index in [0.29, 0.717) is 5.02 Å². The molecule has 100 valence electrons. The van der Waals surface area contributed by atoms with Gasteiger partial charge in [0.05, 0.1) is 21.3 Å². The topological polar surface area (TPSA) is 52.9 Å². The molecule has 0 aromatic heterocycles. The summed E-state index contributed by atoms with van der Waals surface area (Å²) in [5.41, 5.74) is 0.366. The second-order valence-electron chi connectivity index (χ2n) is 3.86. The lowest BCUT2D eigenvalue weighted by atomic mass is 10.1. The number of benzene rings is 2. The lowest BCUT2D eigenvalue weighted by Gasteiger charge is -2.08. The SMILES string of the molecule is N#Cc1ccc(Cl)cc1NC(=O)c1cccc(Br)c1F. The number of rotatable bonds is 2. The standard InChI is InChI=1S/C14H7BrClFN2O/c15-11-3-1-2-10(13(11)17)14(20)19-12-6-9(16)5-4-8(12)7-18/h1-6H,(H,19,20). The van der Waals surface area contributed by atoms with E-state index in [0.717, 1.165) is 0 Å². The highest BCUT2D eigenvalue weighted by Crippen LogP contribution is 2.23. The van der Waals surface area contributed by atoms with Crippen molar-refractivity contribution in [3.05, 3.63) is 62.8 Å². The van der Waals surface area contributed by atoms with Crippen molar-refractivity contribution in [3.8, 4) is 6.07 Å². The molecule has 0 fully saturated rings. The van der Waals surface area contributed by atoms with Gasteiger partial charge in [0, 0.05) is 5.02 Å². The minimum atomic E-state index is -0.662. The summed E-state index contributed by atoms with van der Waals surface area (Å²) in [5.74, 6) is -1.31. The lowest BCUT2D eigenvalue weighted by molar-refractivity contribution is 0.102. The number of nitrogens with zero attached hydrogens (tertiary/aromatic N) is 1. The second kappa shape index (κ2) is 6.04. The number of amides is 1. The molecule has 0 unspecified atom stereocenters. The molecule has 0 atom stereocenters. The molecule has 0 saturated carbocycles. The third kappa shape index (κ3) is 2.98. The van der Waals surface area contributed by atoms with Crippen LogP contribution in [0.25, 0.3) is 0 Å². The molecule has 1 N–H and O–H groups in total. The number of nitrogens with one attached hydrogen (secondary N) is 1. The van der Waals surface area contributed by atoms with Gasteiger partial charge >= 0.3 is 0 Å². The molecule has 2 aromatic carbocycles. The maximum Gasteiger partial charge on any atom is 0.258 e. The molecule has 0 radical (unpaired) electrons. The Balaban J connectivity index is 2.35. The summed E-state index contributed by atoms with van der Waals surface area (Å²) in [7, 11) is 0. The van der Waals surface area contributed by atoms with E-state index in [1.807, 2.05) is 6.07 Å². The fourth-order valence-corrected chi connectivity index (χ4v) is 2.12. The van der Waals surface area contributed by atoms with Gasteiger partial charge in [-0.05, 0) is 46.3 Å². The molecule has 0 heterocycles. The van der Waals surface area contributed by atoms with Crippen LogP contribution >= 0.6 is 27.5 Å². The molecule has 0 saturated heterocycles. The molecule has 2 rings (SSSR count). The third-order valence-electron chi connectivity index (χ3n) is 2.55. The molecule has 6 heteroatoms. The lowest BCUT2D eigenvalue weighted by Crippen LogP contribution is -2.14. The maximum atomic E-state index is 13.8. The summed E-state index contributed by atoms with van der Waals surface area (Å²) in [6, 6.07) is 10.8. The van der Waals surface area contributed by atoms with Gasteiger partial charge in [0.25, 0.3) is 5.91 Å². The summed E-state index contributed by atoms with van der Waals surface area (Å²) in [6.45, 7) is 0. The highest BCUT2D eigenvalue weighted by molar-refractivity contribution is 9.10. The Labute approximate surface area is 128 Å². The van der Waals surface area contributed by atoms with Crippen LogP contribution in [0.4, 0.5) is 10.1 Å². The second-order valence-corrected chi connectivity index (χ2v) is 5.15. The summed E-state index contributed by atoms with van der Waals surface area (Å²) < 4.78 is 14.0. The van der Waals surface area contributed by atoms with Gasteiger partial charge in [-0.3, -0.25) is 4.79 Å². The fraction of sp³-hybridized carbons (Fsp3) is 0. The van der Waals surface area contributed by atoms with Gasteiger partial charge in [-0.15, -0.1) is 0 Å². The van der Waals surface area contributed by atoms with E-state index < -0.39 is 11.7 Å². The predicted octanol–water partition coefficient (Wildman–Crippen LogP) is 4.37. The molecule has 0 aliphatic rings. The zero-order valence-electron chi connectivity index (χ0n) is 9.95. The van der Waals surface area contributed by atoms with Gasteiger partial charge in [-0.2, -0.15) is 5.26 Å². The van der Waals surface area contributed by atoms with Gasteiger partial charge in [-0.25, -0.2) is 4.39 Å². The molecular weight excluding hydrogens is 347 g/mol. The third-order valence-corrected chi connectivity index (χ3v) is 3.39. The molecule has 0 bridgehead atoms. The van der Waals surface area contributed by atoms with Crippen molar-refractivity contribution in [1.29, 1.82) is 5.26 Å². The number of hydrogen-bond donors (Lipinski definition) is 1. The normalized spacial score (nSPS) is 9.90. The van der Waals surface area contributed by atoms with Crippen molar-refractivity contribution in [2.24, 2.45) is 0 Å². The Bertz CT molecular complexity index is 728. The highest BCUT2D eigenvalue weighted by Gasteiger charge is 2.15. The van der Waals surface area contributed by atoms with E-state index >= 15 is 0 Å². The van der Waals surface area contributed by atoms with Crippen LogP contribution in [-0.2, 0) is 0 Å². The van der Waals surface area contributed by atoms with Gasteiger partial charge < -0.3 is 5.32 Å². The van der Waals surface area contributed by atoms with Gasteiger partial charge in [0.1, 0.15) is 11.9 Å². The van der Waals surface area contributed by atoms with Crippen molar-refractivity contribution in [2.75, 3.05) is 5.32 Å². The number of nitriles is 1. The smallest absolute Gasteiger partial charge is 0.258 e. The Morgan fingerprint density at radius 2 is 2.10 bits per heavy atom. The fourth-order valence-electron chi connectivity index (χ4n) is 1.59. The number of carbonyl (C=O) groups excluding carboxylic acids is 1. The van der Waals surface area contributed by atoms with Crippen LogP contribution in [-0.4, -0.2) is 5.91 Å². The average Bonchev–Trinajstić information content (AvgIpc) is 2.42. The minimum Gasteiger partial charge on any atom is -0.321 e. The van der Waals surface area contributed by atoms with Crippen LogP contribution in [0.3, 0.4) is 0 Å². The summed E-state index contributed by atoms with van der Waals surface area (Å²) in [5, 5.41) is 11.8. The molecule has 1 amide bonds. The highest BCUT2D eigenvalue weighted by atomic mass is 79.9. The molecule has 0 spiro atoms. The maximum absolute atomic E-state index is 13.8. The minimum absolute atomic E-state index is 0.122. The largest absolute Gasteiger partial charge is 0.321 e. The van der Waals surface area contributed by atoms with Crippen LogP contribution in [0, 0.1) is 17.1 Å². The molecule has 2 aromatic rings. The van der Waals surface area contributed by atoms with Crippen molar-refractivity contribution < 1.29 is 9.18 Å². The van der Waals surface area contributed by atoms with Crippen molar-refractivity contribution in [3.63, 3.8) is 0 Å². The quantitative estimate of drug-likeness (QED) is 0.872. The Morgan fingerprint density at radius 3 is 2.80 bits per heavy atom. The van der Waals surface area contributed by atoms with Crippen molar-refractivity contribution in [2.45, 2.75) is 0 Å². The molecule has 20 heavy (non-hydrogen) atoms. The number of halogens is 3. The van der Waals surface area contributed by atoms with E-state index in [9.17, 15) is 9.18 Å². The monoisotopic (exact) mass is 352 g/mol. The first-order valence-electron chi connectivity index (χ1n) is 5.48. The summed E-state index contributed by atoms with van der Waals surface area (Å²) >= 11 is 8.83. The van der Waals surface area contributed by atoms with Gasteiger partial charge in [0.2, 0.25) is 0 Å². The van der Waals surface area contributed by atoms with Crippen LogP contribution in [0.1, 0.15) is 15.9 Å². The van der Waals surface area contributed by atoms with E-state index in [1.54, 1.807) is 6.07 Å². The Kier molecular flexibility index (Phi) is 4.38. The van der Waals surface area contributed by atoms with Crippen LogP contribution in [0.15, 0.2) is 40.9 Å². The molecule has 0 aliphatic heterocycles. The van der Waals surface area contributed by atoms with Crippen molar-refractivity contribution >= 4 is 39.1 Å². The summed E-state index contributed by atoms with van der Waals surface area (Å²) in [6.07, 6.45) is 0. The van der Waals surface area contributed by atoms with Crippen LogP contribution in [0.5, 0.6) is 0 Å². The van der Waals surface area contributed by atoms with Crippen LogP contribution < -0.4 is 5.32 Å². The molecule has 3 nitrogen and oxygen atoms in total. The van der Waals surface area contributed by atoms with Gasteiger partial charge in [0.15, 0.2) is 0 Å². The Hall–Kier alpha value is -1.90. The van der Waals surface area contributed by atoms with Crippen molar-refractivity contribution in [1.82, 2.24) is 0 Å². The average molecular weight is 354 g/mol. The van der Waals surface area contributed by atoms with E-state index in [-0.39, 0.29) is 21.3 Å². The number of anilines is 1. The number of hydrogen-bond acceptors (Lipinski definition) is 2. The molecular formula is C14H7BrClFN2O. The first-order chi connectivity index (χ1) is 9.52. The summed E-state index contributed by atoms with van der Waals surface area (Å²) in [4.78, 5) is 12.0. The number of carbonyl (C=O) groups is 1. The van der Waals surface area contributed by atoms with E-state index in [4.69, 9.17) is 16.9 Å². The van der Waals surface area contributed by atoms with Crippen LogP contribution in [0.2, 0.25) is 5.02 Å². The zero-order valence-corrected chi connectivity index (χ0v) is 12.3.